The third kappa shape index (κ3) is 3.82. The van der Waals surface area contributed by atoms with Crippen LogP contribution < -0.4 is 21.5 Å². The van der Waals surface area contributed by atoms with Crippen LogP contribution in [0.5, 0.6) is 0 Å². The zero-order valence-corrected chi connectivity index (χ0v) is 19.1. The fourth-order valence-corrected chi connectivity index (χ4v) is 5.28. The number of imidazole rings is 1. The van der Waals surface area contributed by atoms with Gasteiger partial charge in [0.05, 0.1) is 35.5 Å². The van der Waals surface area contributed by atoms with E-state index in [4.69, 9.17) is 15.5 Å². The molecule has 176 valence electrons. The second-order valence-corrected chi connectivity index (χ2v) is 9.34. The molecule has 34 heavy (non-hydrogen) atoms. The van der Waals surface area contributed by atoms with E-state index < -0.39 is 0 Å². The number of H-pyrrole nitrogens is 2. The molecule has 2 aliphatic rings. The smallest absolute Gasteiger partial charge is 0.261 e. The fourth-order valence-electron chi connectivity index (χ4n) is 5.28. The molecule has 2 fully saturated rings. The van der Waals surface area contributed by atoms with E-state index in [1.807, 2.05) is 30.3 Å². The highest BCUT2D eigenvalue weighted by Gasteiger charge is 2.25. The summed E-state index contributed by atoms with van der Waals surface area (Å²) in [5.74, 6) is 0.563. The van der Waals surface area contributed by atoms with Crippen LogP contribution in [-0.4, -0.2) is 53.3 Å². The van der Waals surface area contributed by atoms with Gasteiger partial charge in [-0.3, -0.25) is 4.79 Å². The van der Waals surface area contributed by atoms with Gasteiger partial charge in [-0.15, -0.1) is 0 Å². The number of nitrogens with one attached hydrogen (secondary N) is 3. The molecule has 1 aliphatic heterocycles. The molecule has 8 nitrogen and oxygen atoms in total. The van der Waals surface area contributed by atoms with Crippen molar-refractivity contribution < 1.29 is 4.74 Å². The normalized spacial score (nSPS) is 21.3. The van der Waals surface area contributed by atoms with Crippen molar-refractivity contribution in [3.63, 3.8) is 0 Å². The molecule has 0 amide bonds. The van der Waals surface area contributed by atoms with E-state index in [0.717, 1.165) is 85.3 Å². The van der Waals surface area contributed by atoms with E-state index in [1.54, 1.807) is 0 Å². The number of hydrogen-bond acceptors (Lipinski definition) is 6. The quantitative estimate of drug-likeness (QED) is 0.372. The molecule has 0 radical (unpaired) electrons. The SMILES string of the molecule is N[C@H]1CCCC[C@@H]1Nc1c(-c2nc3ccc(N4CCOCC4)cc3[nH]2)c(=O)[nH]c2ccccc12. The number of hydrogen-bond donors (Lipinski definition) is 4. The lowest BCUT2D eigenvalue weighted by atomic mass is 9.90. The van der Waals surface area contributed by atoms with Crippen LogP contribution in [0.2, 0.25) is 0 Å². The van der Waals surface area contributed by atoms with E-state index in [2.05, 4.69) is 32.3 Å². The zero-order valence-electron chi connectivity index (χ0n) is 19.1. The summed E-state index contributed by atoms with van der Waals surface area (Å²) in [7, 11) is 0. The molecule has 0 spiro atoms. The number of benzene rings is 2. The molecule has 1 aliphatic carbocycles. The number of pyridine rings is 1. The number of morpholine rings is 1. The largest absolute Gasteiger partial charge is 0.379 e. The summed E-state index contributed by atoms with van der Waals surface area (Å²) in [5.41, 5.74) is 11.3. The van der Waals surface area contributed by atoms with Crippen molar-refractivity contribution in [2.24, 2.45) is 5.73 Å². The standard InChI is InChI=1S/C26H30N6O2/c27-18-6-2-4-8-20(18)28-24-17-5-1-3-7-19(17)31-26(33)23(24)25-29-21-10-9-16(15-22(21)30-25)32-11-13-34-14-12-32/h1,3,5,7,9-10,15,18,20H,2,4,6,8,11-14,27H2,(H,29,30)(H2,28,31,33)/t18-,20-/m0/s1. The Kier molecular flexibility index (Phi) is 5.47. The van der Waals surface area contributed by atoms with Crippen LogP contribution in [0.1, 0.15) is 25.7 Å². The number of rotatable bonds is 4. The van der Waals surface area contributed by atoms with Gasteiger partial charge in [0, 0.05) is 36.2 Å². The van der Waals surface area contributed by atoms with Crippen molar-refractivity contribution in [1.82, 2.24) is 15.0 Å². The first-order valence-corrected chi connectivity index (χ1v) is 12.2. The monoisotopic (exact) mass is 458 g/mol. The van der Waals surface area contributed by atoms with Gasteiger partial charge < -0.3 is 30.7 Å². The second-order valence-electron chi connectivity index (χ2n) is 9.34. The Balaban J connectivity index is 1.46. The number of para-hydroxylation sites is 1. The number of nitrogens with zero attached hydrogens (tertiary/aromatic N) is 2. The lowest BCUT2D eigenvalue weighted by molar-refractivity contribution is 0.122. The average molecular weight is 459 g/mol. The van der Waals surface area contributed by atoms with E-state index in [0.29, 0.717) is 11.4 Å². The minimum atomic E-state index is -0.168. The Morgan fingerprint density at radius 3 is 2.71 bits per heavy atom. The molecular weight excluding hydrogens is 428 g/mol. The van der Waals surface area contributed by atoms with Crippen LogP contribution in [0.3, 0.4) is 0 Å². The first-order chi connectivity index (χ1) is 16.7. The molecule has 4 aromatic rings. The van der Waals surface area contributed by atoms with Crippen molar-refractivity contribution in [3.8, 4) is 11.4 Å². The molecule has 2 aromatic carbocycles. The number of aromatic nitrogens is 3. The predicted octanol–water partition coefficient (Wildman–Crippen LogP) is 3.59. The molecule has 2 atom stereocenters. The van der Waals surface area contributed by atoms with Crippen molar-refractivity contribution in [3.05, 3.63) is 52.8 Å². The summed E-state index contributed by atoms with van der Waals surface area (Å²) in [4.78, 5) is 27.0. The Labute approximate surface area is 197 Å². The van der Waals surface area contributed by atoms with Crippen molar-refractivity contribution in [2.45, 2.75) is 37.8 Å². The van der Waals surface area contributed by atoms with Gasteiger partial charge in [0.1, 0.15) is 11.4 Å². The highest BCUT2D eigenvalue weighted by molar-refractivity contribution is 5.99. The van der Waals surface area contributed by atoms with Crippen LogP contribution in [-0.2, 0) is 4.74 Å². The van der Waals surface area contributed by atoms with Crippen LogP contribution >= 0.6 is 0 Å². The van der Waals surface area contributed by atoms with Crippen molar-refractivity contribution >= 4 is 33.3 Å². The summed E-state index contributed by atoms with van der Waals surface area (Å²) in [6.07, 6.45) is 4.27. The molecule has 0 bridgehead atoms. The number of fused-ring (bicyclic) bond motifs is 2. The van der Waals surface area contributed by atoms with Crippen LogP contribution in [0, 0.1) is 0 Å². The van der Waals surface area contributed by atoms with Gasteiger partial charge in [-0.25, -0.2) is 4.98 Å². The molecule has 3 heterocycles. The van der Waals surface area contributed by atoms with Gasteiger partial charge in [0.15, 0.2) is 0 Å². The Hall–Kier alpha value is -3.36. The Morgan fingerprint density at radius 1 is 1.03 bits per heavy atom. The molecule has 0 unspecified atom stereocenters. The first kappa shape index (κ1) is 21.2. The molecule has 1 saturated carbocycles. The van der Waals surface area contributed by atoms with Crippen molar-refractivity contribution in [1.29, 1.82) is 0 Å². The van der Waals surface area contributed by atoms with E-state index in [9.17, 15) is 4.79 Å². The maximum atomic E-state index is 13.4. The van der Waals surface area contributed by atoms with Gasteiger partial charge in [0.2, 0.25) is 0 Å². The van der Waals surface area contributed by atoms with E-state index in [1.165, 1.54) is 0 Å². The van der Waals surface area contributed by atoms with Gasteiger partial charge in [-0.05, 0) is 37.1 Å². The maximum absolute atomic E-state index is 13.4. The Morgan fingerprint density at radius 2 is 1.85 bits per heavy atom. The number of nitrogens with two attached hydrogens (primary N) is 1. The fraction of sp³-hybridized carbons (Fsp3) is 0.385. The van der Waals surface area contributed by atoms with Crippen LogP contribution in [0.15, 0.2) is 47.3 Å². The lowest BCUT2D eigenvalue weighted by Crippen LogP contribution is -2.43. The highest BCUT2D eigenvalue weighted by atomic mass is 16.5. The highest BCUT2D eigenvalue weighted by Crippen LogP contribution is 2.33. The maximum Gasteiger partial charge on any atom is 0.261 e. The van der Waals surface area contributed by atoms with Gasteiger partial charge >= 0.3 is 0 Å². The molecule has 1 saturated heterocycles. The number of anilines is 2. The minimum absolute atomic E-state index is 0.0615. The molecule has 5 N–H and O–H groups in total. The number of ether oxygens (including phenoxy) is 1. The van der Waals surface area contributed by atoms with Crippen LogP contribution in [0.25, 0.3) is 33.3 Å². The van der Waals surface area contributed by atoms with Gasteiger partial charge in [-0.1, -0.05) is 31.0 Å². The van der Waals surface area contributed by atoms with Gasteiger partial charge in [0.25, 0.3) is 5.56 Å². The first-order valence-electron chi connectivity index (χ1n) is 12.2. The summed E-state index contributed by atoms with van der Waals surface area (Å²) in [5, 5.41) is 4.62. The topological polar surface area (TPSA) is 112 Å². The predicted molar refractivity (Wildman–Crippen MR) is 137 cm³/mol. The molecular formula is C26H30N6O2. The van der Waals surface area contributed by atoms with Crippen LogP contribution in [0.4, 0.5) is 11.4 Å². The average Bonchev–Trinajstić information content (AvgIpc) is 3.28. The third-order valence-corrected chi connectivity index (χ3v) is 7.15. The summed E-state index contributed by atoms with van der Waals surface area (Å²) < 4.78 is 5.49. The second kappa shape index (κ2) is 8.77. The third-order valence-electron chi connectivity index (χ3n) is 7.15. The summed E-state index contributed by atoms with van der Waals surface area (Å²) in [6.45, 7) is 3.20. The van der Waals surface area contributed by atoms with Gasteiger partial charge in [-0.2, -0.15) is 0 Å². The Bertz CT molecular complexity index is 1390. The number of aromatic amines is 2. The molecule has 6 rings (SSSR count). The molecule has 8 heteroatoms. The molecule has 2 aromatic heterocycles. The summed E-state index contributed by atoms with van der Waals surface area (Å²) >= 11 is 0. The van der Waals surface area contributed by atoms with E-state index in [-0.39, 0.29) is 17.6 Å². The van der Waals surface area contributed by atoms with Crippen molar-refractivity contribution in [2.75, 3.05) is 36.5 Å². The zero-order chi connectivity index (χ0) is 23.1. The minimum Gasteiger partial charge on any atom is -0.379 e. The lowest BCUT2D eigenvalue weighted by Gasteiger charge is -2.31. The van der Waals surface area contributed by atoms with E-state index >= 15 is 0 Å². The summed E-state index contributed by atoms with van der Waals surface area (Å²) in [6, 6.07) is 14.3.